The monoisotopic (exact) mass is 394 g/mol. The molecule has 8 heteroatoms. The third-order valence-electron chi connectivity index (χ3n) is 4.24. The molecule has 0 saturated carbocycles. The largest absolute Gasteiger partial charge is 0.481 e. The number of carbonyl (C=O) groups is 1. The maximum absolute atomic E-state index is 13.5. The highest BCUT2D eigenvalue weighted by molar-refractivity contribution is 5.72. The number of hydrogen-bond acceptors (Lipinski definition) is 4. The quantitative estimate of drug-likeness (QED) is 0.717. The number of benzene rings is 1. The number of fused-ring (bicyclic) bond motifs is 1. The molecule has 1 aliphatic rings. The van der Waals surface area contributed by atoms with Crippen molar-refractivity contribution in [3.63, 3.8) is 0 Å². The Morgan fingerprint density at radius 1 is 1.07 bits per heavy atom. The average Bonchev–Trinajstić information content (AvgIpc) is 3.02. The van der Waals surface area contributed by atoms with Crippen LogP contribution in [-0.2, 0) is 24.0 Å². The number of halogens is 3. The smallest absolute Gasteiger partial charge is 0.434 e. The maximum Gasteiger partial charge on any atom is 0.434 e. The van der Waals surface area contributed by atoms with E-state index in [0.717, 1.165) is 11.1 Å². The highest BCUT2D eigenvalue weighted by Gasteiger charge is 2.36. The van der Waals surface area contributed by atoms with Crippen LogP contribution >= 0.6 is 0 Å². The van der Waals surface area contributed by atoms with Gasteiger partial charge in [0.05, 0.1) is 7.11 Å². The number of methoxy groups -OCH3 is 1. The molecule has 0 N–H and O–H groups in total. The highest BCUT2D eigenvalue weighted by atomic mass is 19.4. The molecule has 0 spiro atoms. The number of aromatic nitrogens is 1. The molecule has 5 nitrogen and oxygen atoms in total. The molecular weight excluding hydrogens is 373 g/mol. The standard InChI is InChI=1S/C20H21F3N2O3/c1-19(2,3)28-18(26)25-10-13-6-5-12(9-14(13)11-25)15-7-8-16(27-4)24-17(15)20(21,22)23/h5-9H,10-11H2,1-4H3. The number of rotatable bonds is 2. The van der Waals surface area contributed by atoms with Crippen LogP contribution in [0, 0.1) is 0 Å². The van der Waals surface area contributed by atoms with Crippen LogP contribution < -0.4 is 4.74 Å². The van der Waals surface area contributed by atoms with Gasteiger partial charge in [0, 0.05) is 24.7 Å². The van der Waals surface area contributed by atoms with E-state index >= 15 is 0 Å². The van der Waals surface area contributed by atoms with Crippen molar-refractivity contribution in [1.82, 2.24) is 9.88 Å². The van der Waals surface area contributed by atoms with E-state index in [0.29, 0.717) is 12.1 Å². The normalized spacial score (nSPS) is 14.0. The zero-order valence-corrected chi connectivity index (χ0v) is 16.1. The Balaban J connectivity index is 1.91. The highest BCUT2D eigenvalue weighted by Crippen LogP contribution is 2.38. The summed E-state index contributed by atoms with van der Waals surface area (Å²) in [5, 5.41) is 0. The van der Waals surface area contributed by atoms with Crippen molar-refractivity contribution in [1.29, 1.82) is 0 Å². The van der Waals surface area contributed by atoms with Gasteiger partial charge in [-0.05, 0) is 49.6 Å². The van der Waals surface area contributed by atoms with Crippen molar-refractivity contribution in [2.24, 2.45) is 0 Å². The first-order chi connectivity index (χ1) is 13.0. The van der Waals surface area contributed by atoms with Crippen LogP contribution in [0.2, 0.25) is 0 Å². The van der Waals surface area contributed by atoms with E-state index < -0.39 is 23.6 Å². The van der Waals surface area contributed by atoms with Gasteiger partial charge < -0.3 is 9.47 Å². The summed E-state index contributed by atoms with van der Waals surface area (Å²) in [5.41, 5.74) is 0.387. The molecule has 0 fully saturated rings. The van der Waals surface area contributed by atoms with Crippen LogP contribution in [0.5, 0.6) is 5.88 Å². The molecule has 3 rings (SSSR count). The number of alkyl halides is 3. The second-order valence-electron chi connectivity index (χ2n) is 7.57. The SMILES string of the molecule is COc1ccc(-c2ccc3c(c2)CN(C(=O)OC(C)(C)C)C3)c(C(F)(F)F)n1. The van der Waals surface area contributed by atoms with Gasteiger partial charge in [0.25, 0.3) is 0 Å². The topological polar surface area (TPSA) is 51.7 Å². The number of pyridine rings is 1. The molecule has 1 aliphatic heterocycles. The van der Waals surface area contributed by atoms with Gasteiger partial charge in [-0.1, -0.05) is 12.1 Å². The lowest BCUT2D eigenvalue weighted by Crippen LogP contribution is -2.33. The molecular formula is C20H21F3N2O3. The minimum absolute atomic E-state index is 0.0354. The Kier molecular flexibility index (Phi) is 4.99. The number of amides is 1. The van der Waals surface area contributed by atoms with Crippen LogP contribution in [0.25, 0.3) is 11.1 Å². The minimum atomic E-state index is -4.62. The zero-order chi connectivity index (χ0) is 20.7. The van der Waals surface area contributed by atoms with E-state index in [1.807, 2.05) is 0 Å². The summed E-state index contributed by atoms with van der Waals surface area (Å²) >= 11 is 0. The Labute approximate surface area is 161 Å². The van der Waals surface area contributed by atoms with Crippen LogP contribution in [0.4, 0.5) is 18.0 Å². The fourth-order valence-corrected chi connectivity index (χ4v) is 3.02. The van der Waals surface area contributed by atoms with E-state index in [2.05, 4.69) is 4.98 Å². The van der Waals surface area contributed by atoms with E-state index in [-0.39, 0.29) is 18.0 Å². The lowest BCUT2D eigenvalue weighted by molar-refractivity contribution is -0.140. The van der Waals surface area contributed by atoms with Crippen molar-refractivity contribution in [3.8, 4) is 17.0 Å². The third-order valence-corrected chi connectivity index (χ3v) is 4.24. The molecule has 150 valence electrons. The van der Waals surface area contributed by atoms with Gasteiger partial charge in [-0.3, -0.25) is 4.90 Å². The second-order valence-corrected chi connectivity index (χ2v) is 7.57. The van der Waals surface area contributed by atoms with Crippen molar-refractivity contribution in [3.05, 3.63) is 47.2 Å². The van der Waals surface area contributed by atoms with Crippen LogP contribution in [0.15, 0.2) is 30.3 Å². The Hall–Kier alpha value is -2.77. The predicted molar refractivity (Wildman–Crippen MR) is 96.7 cm³/mol. The van der Waals surface area contributed by atoms with Gasteiger partial charge in [-0.2, -0.15) is 13.2 Å². The first-order valence-corrected chi connectivity index (χ1v) is 8.70. The summed E-state index contributed by atoms with van der Waals surface area (Å²) in [7, 11) is 1.27. The minimum Gasteiger partial charge on any atom is -0.481 e. The Morgan fingerprint density at radius 3 is 2.36 bits per heavy atom. The third kappa shape index (κ3) is 4.21. The van der Waals surface area contributed by atoms with Crippen molar-refractivity contribution in [2.75, 3.05) is 7.11 Å². The summed E-state index contributed by atoms with van der Waals surface area (Å²) in [6.45, 7) is 5.98. The zero-order valence-electron chi connectivity index (χ0n) is 16.1. The van der Waals surface area contributed by atoms with Gasteiger partial charge in [-0.25, -0.2) is 9.78 Å². The van der Waals surface area contributed by atoms with E-state index in [1.165, 1.54) is 24.1 Å². The van der Waals surface area contributed by atoms with E-state index in [1.54, 1.807) is 39.0 Å². The van der Waals surface area contributed by atoms with Gasteiger partial charge in [-0.15, -0.1) is 0 Å². The molecule has 0 bridgehead atoms. The summed E-state index contributed by atoms with van der Waals surface area (Å²) in [6.07, 6.45) is -5.07. The van der Waals surface area contributed by atoms with Crippen molar-refractivity contribution >= 4 is 6.09 Å². The van der Waals surface area contributed by atoms with E-state index in [9.17, 15) is 18.0 Å². The molecule has 0 saturated heterocycles. The van der Waals surface area contributed by atoms with Crippen LogP contribution in [0.1, 0.15) is 37.6 Å². The van der Waals surface area contributed by atoms with Gasteiger partial charge in [0.15, 0.2) is 5.69 Å². The summed E-state index contributed by atoms with van der Waals surface area (Å²) < 4.78 is 50.6. The molecule has 1 amide bonds. The lowest BCUT2D eigenvalue weighted by Gasteiger charge is -2.24. The summed E-state index contributed by atoms with van der Waals surface area (Å²) in [5.74, 6) is -0.103. The molecule has 0 atom stereocenters. The molecule has 0 radical (unpaired) electrons. The molecule has 0 unspecified atom stereocenters. The number of carbonyl (C=O) groups excluding carboxylic acids is 1. The van der Waals surface area contributed by atoms with E-state index in [4.69, 9.17) is 9.47 Å². The van der Waals surface area contributed by atoms with Crippen molar-refractivity contribution in [2.45, 2.75) is 45.6 Å². The van der Waals surface area contributed by atoms with Crippen LogP contribution in [-0.4, -0.2) is 28.7 Å². The summed E-state index contributed by atoms with van der Waals surface area (Å²) in [4.78, 5) is 17.4. The number of nitrogens with zero attached hydrogens (tertiary/aromatic N) is 2. The Morgan fingerprint density at radius 2 is 1.75 bits per heavy atom. The Bertz CT molecular complexity index is 905. The fraction of sp³-hybridized carbons (Fsp3) is 0.400. The molecule has 1 aromatic heterocycles. The first kappa shape index (κ1) is 20.0. The van der Waals surface area contributed by atoms with Gasteiger partial charge in [0.1, 0.15) is 5.60 Å². The predicted octanol–water partition coefficient (Wildman–Crippen LogP) is 5.03. The first-order valence-electron chi connectivity index (χ1n) is 8.70. The van der Waals surface area contributed by atoms with Crippen molar-refractivity contribution < 1.29 is 27.4 Å². The van der Waals surface area contributed by atoms with Crippen LogP contribution in [0.3, 0.4) is 0 Å². The lowest BCUT2D eigenvalue weighted by atomic mass is 9.99. The molecule has 1 aromatic carbocycles. The summed E-state index contributed by atoms with van der Waals surface area (Å²) in [6, 6.07) is 7.75. The molecule has 0 aliphatic carbocycles. The second kappa shape index (κ2) is 7.00. The number of hydrogen-bond donors (Lipinski definition) is 0. The molecule has 28 heavy (non-hydrogen) atoms. The molecule has 2 aromatic rings. The van der Waals surface area contributed by atoms with Gasteiger partial charge in [0.2, 0.25) is 5.88 Å². The number of ether oxygens (including phenoxy) is 2. The fourth-order valence-electron chi connectivity index (χ4n) is 3.02. The molecule has 2 heterocycles. The maximum atomic E-state index is 13.5. The average molecular weight is 394 g/mol. The van der Waals surface area contributed by atoms with Gasteiger partial charge >= 0.3 is 12.3 Å².